The van der Waals surface area contributed by atoms with Gasteiger partial charge in [0.15, 0.2) is 0 Å². The van der Waals surface area contributed by atoms with E-state index in [2.05, 4.69) is 88.4 Å². The predicted molar refractivity (Wildman–Crippen MR) is 154 cm³/mol. The number of hydrogen-bond donors (Lipinski definition) is 0. The van der Waals surface area contributed by atoms with Crippen LogP contribution in [0.1, 0.15) is 56.7 Å². The van der Waals surface area contributed by atoms with Gasteiger partial charge < -0.3 is 23.7 Å². The van der Waals surface area contributed by atoms with Crippen LogP contribution in [0, 0.1) is 10.8 Å². The number of benzene rings is 3. The normalized spacial score (nSPS) is 19.6. The average molecular weight is 531 g/mol. The Hall–Kier alpha value is -3.02. The van der Waals surface area contributed by atoms with Crippen LogP contribution in [0.15, 0.2) is 72.8 Å². The van der Waals surface area contributed by atoms with Crippen LogP contribution in [0.3, 0.4) is 0 Å². The first-order valence-electron chi connectivity index (χ1n) is 14.1. The van der Waals surface area contributed by atoms with Crippen molar-refractivity contribution in [2.75, 3.05) is 46.8 Å². The number of methoxy groups -OCH3 is 1. The lowest BCUT2D eigenvalue weighted by atomic mass is 9.65. The smallest absolute Gasteiger partial charge is 0.119 e. The second-order valence-electron chi connectivity index (χ2n) is 12.0. The molecule has 0 bridgehead atoms. The minimum Gasteiger partial charge on any atom is -0.497 e. The average Bonchev–Trinajstić information content (AvgIpc) is 2.94. The molecule has 0 saturated carbocycles. The Morgan fingerprint density at radius 2 is 1.23 bits per heavy atom. The summed E-state index contributed by atoms with van der Waals surface area (Å²) in [6, 6.07) is 25.7. The van der Waals surface area contributed by atoms with Gasteiger partial charge >= 0.3 is 0 Å². The van der Waals surface area contributed by atoms with Crippen LogP contribution in [-0.2, 0) is 14.9 Å². The van der Waals surface area contributed by atoms with Crippen molar-refractivity contribution in [2.24, 2.45) is 10.8 Å². The topological polar surface area (TPSA) is 46.2 Å². The molecule has 2 atom stereocenters. The van der Waals surface area contributed by atoms with Gasteiger partial charge in [0.25, 0.3) is 0 Å². The van der Waals surface area contributed by atoms with Crippen LogP contribution in [0.2, 0.25) is 0 Å². The Morgan fingerprint density at radius 1 is 0.744 bits per heavy atom. The number of ether oxygens (including phenoxy) is 5. The monoisotopic (exact) mass is 530 g/mol. The lowest BCUT2D eigenvalue weighted by Gasteiger charge is -2.40. The Kier molecular flexibility index (Phi) is 7.93. The molecule has 5 heteroatoms. The van der Waals surface area contributed by atoms with Gasteiger partial charge in [-0.25, -0.2) is 0 Å². The van der Waals surface area contributed by atoms with Crippen molar-refractivity contribution in [3.8, 4) is 17.2 Å². The highest BCUT2D eigenvalue weighted by Crippen LogP contribution is 2.45. The molecule has 0 spiro atoms. The molecule has 0 amide bonds. The Bertz CT molecular complexity index is 1200. The maximum atomic E-state index is 6.18. The van der Waals surface area contributed by atoms with E-state index in [9.17, 15) is 0 Å². The molecule has 0 aliphatic carbocycles. The Labute approximate surface area is 233 Å². The molecule has 2 fully saturated rings. The molecule has 0 radical (unpaired) electrons. The fourth-order valence-electron chi connectivity index (χ4n) is 5.50. The van der Waals surface area contributed by atoms with Gasteiger partial charge in [0.1, 0.15) is 17.2 Å². The summed E-state index contributed by atoms with van der Waals surface area (Å²) in [7, 11) is 1.70. The Balaban J connectivity index is 1.38. The molecule has 208 valence electrons. The minimum absolute atomic E-state index is 0.115. The number of rotatable bonds is 12. The molecule has 0 aromatic heterocycles. The van der Waals surface area contributed by atoms with Crippen LogP contribution in [0.4, 0.5) is 0 Å². The quantitative estimate of drug-likeness (QED) is 0.252. The van der Waals surface area contributed by atoms with E-state index in [1.165, 1.54) is 16.7 Å². The molecule has 2 aliphatic rings. The minimum atomic E-state index is -0.281. The molecule has 5 nitrogen and oxygen atoms in total. The molecule has 3 aromatic rings. The van der Waals surface area contributed by atoms with Gasteiger partial charge in [-0.2, -0.15) is 0 Å². The highest BCUT2D eigenvalue weighted by molar-refractivity contribution is 5.47. The van der Waals surface area contributed by atoms with Crippen LogP contribution < -0.4 is 14.2 Å². The van der Waals surface area contributed by atoms with Crippen LogP contribution in [-0.4, -0.2) is 46.8 Å². The van der Waals surface area contributed by atoms with Crippen molar-refractivity contribution in [1.82, 2.24) is 0 Å². The van der Waals surface area contributed by atoms with Crippen molar-refractivity contribution in [3.63, 3.8) is 0 Å². The van der Waals surface area contributed by atoms with Crippen LogP contribution >= 0.6 is 0 Å². The van der Waals surface area contributed by atoms with E-state index in [0.717, 1.165) is 50.1 Å². The third-order valence-corrected chi connectivity index (χ3v) is 8.99. The molecule has 2 heterocycles. The third-order valence-electron chi connectivity index (χ3n) is 8.99. The van der Waals surface area contributed by atoms with Gasteiger partial charge in [-0.3, -0.25) is 0 Å². The SMILES string of the molecule is CCC1(COc2ccc(C(C)C(C)(c3ccc(OC)cc3)c3ccc(OCC4(C)COC4)cc3)cc2)COC1. The van der Waals surface area contributed by atoms with Crippen molar-refractivity contribution in [2.45, 2.75) is 45.4 Å². The van der Waals surface area contributed by atoms with Gasteiger partial charge in [-0.1, -0.05) is 64.1 Å². The van der Waals surface area contributed by atoms with E-state index in [4.69, 9.17) is 23.7 Å². The van der Waals surface area contributed by atoms with E-state index in [1.54, 1.807) is 7.11 Å². The molecule has 2 unspecified atom stereocenters. The van der Waals surface area contributed by atoms with E-state index >= 15 is 0 Å². The van der Waals surface area contributed by atoms with Crippen LogP contribution in [0.5, 0.6) is 17.2 Å². The third kappa shape index (κ3) is 5.66. The molecular weight excluding hydrogens is 488 g/mol. The van der Waals surface area contributed by atoms with E-state index in [0.29, 0.717) is 13.2 Å². The summed E-state index contributed by atoms with van der Waals surface area (Å²) in [6.07, 6.45) is 1.07. The predicted octanol–water partition coefficient (Wildman–Crippen LogP) is 7.03. The van der Waals surface area contributed by atoms with Gasteiger partial charge in [-0.15, -0.1) is 0 Å². The fourth-order valence-corrected chi connectivity index (χ4v) is 5.50. The summed E-state index contributed by atoms with van der Waals surface area (Å²) in [5.74, 6) is 2.85. The van der Waals surface area contributed by atoms with E-state index < -0.39 is 0 Å². The Morgan fingerprint density at radius 3 is 1.67 bits per heavy atom. The second kappa shape index (κ2) is 11.2. The highest BCUT2D eigenvalue weighted by atomic mass is 16.5. The van der Waals surface area contributed by atoms with E-state index in [-0.39, 0.29) is 22.2 Å². The fraction of sp³-hybridized carbons (Fsp3) is 0.471. The largest absolute Gasteiger partial charge is 0.497 e. The standard InChI is InChI=1S/C34H42O5/c1-6-34(22-37-23-34)24-39-30-13-7-26(8-14-30)25(2)33(4,27-9-15-29(35-5)16-10-27)28-11-17-31(18-12-28)38-21-32(3)19-36-20-32/h7-18,25H,6,19-24H2,1-5H3. The van der Waals surface area contributed by atoms with Crippen molar-refractivity contribution < 1.29 is 23.7 Å². The zero-order valence-electron chi connectivity index (χ0n) is 24.0. The molecule has 3 aromatic carbocycles. The van der Waals surface area contributed by atoms with Gasteiger partial charge in [0.05, 0.1) is 52.2 Å². The maximum Gasteiger partial charge on any atom is 0.119 e. The summed E-state index contributed by atoms with van der Waals surface area (Å²) in [5.41, 5.74) is 3.73. The first-order chi connectivity index (χ1) is 18.8. The summed E-state index contributed by atoms with van der Waals surface area (Å²) in [5, 5.41) is 0. The van der Waals surface area contributed by atoms with Gasteiger partial charge in [-0.05, 0) is 65.4 Å². The summed E-state index contributed by atoms with van der Waals surface area (Å²) in [6.45, 7) is 13.5. The summed E-state index contributed by atoms with van der Waals surface area (Å²) >= 11 is 0. The van der Waals surface area contributed by atoms with Gasteiger partial charge in [0, 0.05) is 10.8 Å². The summed E-state index contributed by atoms with van der Waals surface area (Å²) in [4.78, 5) is 0. The highest BCUT2D eigenvalue weighted by Gasteiger charge is 2.38. The van der Waals surface area contributed by atoms with Crippen molar-refractivity contribution in [3.05, 3.63) is 89.5 Å². The molecule has 2 aliphatic heterocycles. The van der Waals surface area contributed by atoms with Crippen molar-refractivity contribution >= 4 is 0 Å². The number of hydrogen-bond acceptors (Lipinski definition) is 5. The lowest BCUT2D eigenvalue weighted by molar-refractivity contribution is -0.133. The van der Waals surface area contributed by atoms with Crippen LogP contribution in [0.25, 0.3) is 0 Å². The molecule has 5 rings (SSSR count). The lowest BCUT2D eigenvalue weighted by Crippen LogP contribution is -2.46. The molecule has 39 heavy (non-hydrogen) atoms. The van der Waals surface area contributed by atoms with Gasteiger partial charge in [0.2, 0.25) is 0 Å². The van der Waals surface area contributed by atoms with E-state index in [1.807, 2.05) is 12.1 Å². The first kappa shape index (κ1) is 27.5. The zero-order valence-corrected chi connectivity index (χ0v) is 24.0. The second-order valence-corrected chi connectivity index (χ2v) is 12.0. The first-order valence-corrected chi connectivity index (χ1v) is 14.1. The maximum absolute atomic E-state index is 6.18. The van der Waals surface area contributed by atoms with Crippen molar-refractivity contribution in [1.29, 1.82) is 0 Å². The molecule has 0 N–H and O–H groups in total. The molecular formula is C34H42O5. The molecule has 2 saturated heterocycles. The zero-order chi connectivity index (χ0) is 27.5. The summed E-state index contributed by atoms with van der Waals surface area (Å²) < 4.78 is 28.6.